The molecule has 1 unspecified atom stereocenters. The molecule has 1 N–H and O–H groups in total. The summed E-state index contributed by atoms with van der Waals surface area (Å²) in [5.41, 5.74) is 0.476. The molecule has 164 valence electrons. The van der Waals surface area contributed by atoms with E-state index in [1.165, 1.54) is 25.7 Å². The smallest absolute Gasteiger partial charge is 0.328 e. The van der Waals surface area contributed by atoms with Crippen LogP contribution in [0.5, 0.6) is 5.75 Å². The summed E-state index contributed by atoms with van der Waals surface area (Å²) >= 11 is 0. The van der Waals surface area contributed by atoms with E-state index in [0.29, 0.717) is 12.0 Å². The average Bonchev–Trinajstić information content (AvgIpc) is 3.28. The molecular weight excluding hydrogens is 376 g/mol. The van der Waals surface area contributed by atoms with E-state index in [-0.39, 0.29) is 6.03 Å². The Morgan fingerprint density at radius 1 is 1.27 bits per heavy atom. The lowest BCUT2D eigenvalue weighted by atomic mass is 9.93. The molecule has 1 atom stereocenters. The molecule has 2 heterocycles. The first-order valence-electron chi connectivity index (χ1n) is 11.6. The number of amides is 2. The summed E-state index contributed by atoms with van der Waals surface area (Å²) in [6.45, 7) is 7.43. The Kier molecular flexibility index (Phi) is 6.32. The van der Waals surface area contributed by atoms with Gasteiger partial charge in [0.1, 0.15) is 17.1 Å². The third kappa shape index (κ3) is 4.20. The molecule has 0 aromatic heterocycles. The van der Waals surface area contributed by atoms with Gasteiger partial charge in [0, 0.05) is 19.2 Å². The predicted molar refractivity (Wildman–Crippen MR) is 122 cm³/mol. The Morgan fingerprint density at radius 2 is 2.07 bits per heavy atom. The zero-order chi connectivity index (χ0) is 21.1. The molecule has 1 aromatic carbocycles. The fourth-order valence-electron chi connectivity index (χ4n) is 5.11. The molecule has 1 aliphatic carbocycles. The lowest BCUT2D eigenvalue weighted by Crippen LogP contribution is -2.52. The molecular formula is C24H36N4O2. The van der Waals surface area contributed by atoms with Crippen molar-refractivity contribution < 1.29 is 9.53 Å². The molecule has 2 saturated heterocycles. The summed E-state index contributed by atoms with van der Waals surface area (Å²) in [5, 5.41) is 3.17. The molecule has 6 nitrogen and oxygen atoms in total. The minimum Gasteiger partial charge on any atom is -0.497 e. The van der Waals surface area contributed by atoms with E-state index in [1.807, 2.05) is 29.2 Å². The number of carbonyl (C=O) groups is 1. The molecule has 2 amide bonds. The highest BCUT2D eigenvalue weighted by Gasteiger charge is 2.55. The van der Waals surface area contributed by atoms with Crippen molar-refractivity contribution in [1.29, 1.82) is 0 Å². The SMILES string of the molecule is COc1cccc(N2C(=O)NC(=NC3CCCCC3)C23CCN(CCC(C)C)C3)c1. The van der Waals surface area contributed by atoms with Crippen molar-refractivity contribution in [1.82, 2.24) is 10.2 Å². The Labute approximate surface area is 180 Å². The summed E-state index contributed by atoms with van der Waals surface area (Å²) in [7, 11) is 1.66. The van der Waals surface area contributed by atoms with Gasteiger partial charge in [0.15, 0.2) is 0 Å². The van der Waals surface area contributed by atoms with E-state index < -0.39 is 5.54 Å². The van der Waals surface area contributed by atoms with Crippen LogP contribution in [0, 0.1) is 5.92 Å². The number of hydrogen-bond acceptors (Lipinski definition) is 4. The van der Waals surface area contributed by atoms with Gasteiger partial charge in [-0.2, -0.15) is 0 Å². The summed E-state index contributed by atoms with van der Waals surface area (Å²) in [6.07, 6.45) is 8.12. The summed E-state index contributed by atoms with van der Waals surface area (Å²) in [6, 6.07) is 8.11. The van der Waals surface area contributed by atoms with E-state index in [4.69, 9.17) is 9.73 Å². The molecule has 1 spiro atoms. The minimum absolute atomic E-state index is 0.0662. The highest BCUT2D eigenvalue weighted by Crippen LogP contribution is 2.39. The lowest BCUT2D eigenvalue weighted by Gasteiger charge is -2.34. The molecule has 1 aromatic rings. The van der Waals surface area contributed by atoms with E-state index in [9.17, 15) is 4.79 Å². The highest BCUT2D eigenvalue weighted by molar-refractivity contribution is 6.19. The van der Waals surface area contributed by atoms with E-state index in [1.54, 1.807) is 7.11 Å². The number of rotatable bonds is 6. The van der Waals surface area contributed by atoms with Gasteiger partial charge < -0.3 is 9.64 Å². The highest BCUT2D eigenvalue weighted by atomic mass is 16.5. The van der Waals surface area contributed by atoms with Gasteiger partial charge in [-0.3, -0.25) is 15.2 Å². The topological polar surface area (TPSA) is 57.2 Å². The van der Waals surface area contributed by atoms with Gasteiger partial charge in [0.25, 0.3) is 0 Å². The van der Waals surface area contributed by atoms with Crippen LogP contribution < -0.4 is 15.0 Å². The second-order valence-electron chi connectivity index (χ2n) is 9.48. The van der Waals surface area contributed by atoms with E-state index in [2.05, 4.69) is 24.1 Å². The maximum atomic E-state index is 13.2. The Morgan fingerprint density at radius 3 is 2.80 bits per heavy atom. The third-order valence-corrected chi connectivity index (χ3v) is 6.84. The van der Waals surface area contributed by atoms with Crippen LogP contribution in [-0.4, -0.2) is 55.1 Å². The standard InChI is InChI=1S/C24H36N4O2/c1-18(2)12-14-27-15-13-24(17-27)22(25-19-8-5-4-6-9-19)26-23(29)28(24)20-10-7-11-21(16-20)30-3/h7,10-11,16,18-19H,4-6,8-9,12-15,17H2,1-3H3,(H,25,26,29). The molecule has 2 aliphatic heterocycles. The number of nitrogens with zero attached hydrogens (tertiary/aromatic N) is 3. The number of amidine groups is 1. The predicted octanol–water partition coefficient (Wildman–Crippen LogP) is 4.45. The molecule has 3 fully saturated rings. The maximum absolute atomic E-state index is 13.2. The average molecular weight is 413 g/mol. The lowest BCUT2D eigenvalue weighted by molar-refractivity contribution is 0.250. The van der Waals surface area contributed by atoms with Crippen molar-refractivity contribution in [3.63, 3.8) is 0 Å². The summed E-state index contributed by atoms with van der Waals surface area (Å²) in [4.78, 5) is 22.8. The van der Waals surface area contributed by atoms with Gasteiger partial charge in [-0.05, 0) is 50.3 Å². The van der Waals surface area contributed by atoms with Crippen LogP contribution in [0.15, 0.2) is 29.3 Å². The van der Waals surface area contributed by atoms with Crippen molar-refractivity contribution >= 4 is 17.6 Å². The fraction of sp³-hybridized carbons (Fsp3) is 0.667. The zero-order valence-corrected chi connectivity index (χ0v) is 18.7. The van der Waals surface area contributed by atoms with Gasteiger partial charge in [-0.15, -0.1) is 0 Å². The van der Waals surface area contributed by atoms with Crippen molar-refractivity contribution in [3.8, 4) is 5.75 Å². The Bertz CT molecular complexity index is 787. The van der Waals surface area contributed by atoms with Gasteiger partial charge in [-0.25, -0.2) is 4.79 Å². The van der Waals surface area contributed by atoms with Crippen LogP contribution in [0.4, 0.5) is 10.5 Å². The second kappa shape index (κ2) is 8.96. The first-order valence-corrected chi connectivity index (χ1v) is 11.6. The Hall–Kier alpha value is -2.08. The maximum Gasteiger partial charge on any atom is 0.328 e. The molecule has 6 heteroatoms. The van der Waals surface area contributed by atoms with Crippen LogP contribution in [0.1, 0.15) is 58.8 Å². The largest absolute Gasteiger partial charge is 0.497 e. The number of likely N-dealkylation sites (tertiary alicyclic amines) is 1. The van der Waals surface area contributed by atoms with Crippen LogP contribution in [0.2, 0.25) is 0 Å². The number of ether oxygens (including phenoxy) is 1. The first kappa shape index (κ1) is 21.2. The van der Waals surface area contributed by atoms with Crippen molar-refractivity contribution in [2.24, 2.45) is 10.9 Å². The molecule has 30 heavy (non-hydrogen) atoms. The van der Waals surface area contributed by atoms with Crippen LogP contribution in [0.3, 0.4) is 0 Å². The van der Waals surface area contributed by atoms with Crippen molar-refractivity contribution in [2.75, 3.05) is 31.6 Å². The number of carbonyl (C=O) groups excluding carboxylic acids is 1. The number of methoxy groups -OCH3 is 1. The number of hydrogen-bond donors (Lipinski definition) is 1. The fourth-order valence-corrected chi connectivity index (χ4v) is 5.11. The molecule has 0 radical (unpaired) electrons. The molecule has 1 saturated carbocycles. The number of benzene rings is 1. The summed E-state index contributed by atoms with van der Waals surface area (Å²) < 4.78 is 5.44. The van der Waals surface area contributed by atoms with E-state index >= 15 is 0 Å². The van der Waals surface area contributed by atoms with Gasteiger partial charge in [0.2, 0.25) is 0 Å². The van der Waals surface area contributed by atoms with E-state index in [0.717, 1.165) is 56.2 Å². The number of anilines is 1. The van der Waals surface area contributed by atoms with Gasteiger partial charge in [0.05, 0.1) is 18.8 Å². The summed E-state index contributed by atoms with van der Waals surface area (Å²) in [5.74, 6) is 2.33. The van der Waals surface area contributed by atoms with Crippen molar-refractivity contribution in [3.05, 3.63) is 24.3 Å². The van der Waals surface area contributed by atoms with Gasteiger partial charge in [-0.1, -0.05) is 39.2 Å². The number of urea groups is 1. The molecule has 3 aliphatic rings. The minimum atomic E-state index is -0.405. The molecule has 4 rings (SSSR count). The normalized spacial score (nSPS) is 26.9. The van der Waals surface area contributed by atoms with Crippen LogP contribution in [-0.2, 0) is 0 Å². The molecule has 0 bridgehead atoms. The van der Waals surface area contributed by atoms with Crippen molar-refractivity contribution in [2.45, 2.75) is 70.4 Å². The first-order chi connectivity index (χ1) is 14.5. The van der Waals surface area contributed by atoms with Crippen LogP contribution >= 0.6 is 0 Å². The number of aliphatic imine (C=N–C) groups is 1. The number of nitrogens with one attached hydrogen (secondary N) is 1. The second-order valence-corrected chi connectivity index (χ2v) is 9.48. The Balaban J connectivity index is 1.67. The monoisotopic (exact) mass is 412 g/mol. The zero-order valence-electron chi connectivity index (χ0n) is 18.7. The third-order valence-electron chi connectivity index (χ3n) is 6.84. The van der Waals surface area contributed by atoms with Crippen LogP contribution in [0.25, 0.3) is 0 Å². The quantitative estimate of drug-likeness (QED) is 0.751. The van der Waals surface area contributed by atoms with Gasteiger partial charge >= 0.3 is 6.03 Å².